The molecule has 2 aromatic carbocycles. The molecule has 0 atom stereocenters. The van der Waals surface area contributed by atoms with Crippen LogP contribution >= 0.6 is 23.2 Å². The molecule has 1 N–H and O–H groups in total. The normalized spacial score (nSPS) is 10.6. The van der Waals surface area contributed by atoms with E-state index in [1.807, 2.05) is 0 Å². The number of rotatable bonds is 3. The summed E-state index contributed by atoms with van der Waals surface area (Å²) in [6, 6.07) is 5.88. The zero-order valence-electron chi connectivity index (χ0n) is 9.48. The van der Waals surface area contributed by atoms with E-state index in [9.17, 15) is 13.2 Å². The Kier molecular flexibility index (Phi) is 4.22. The largest absolute Gasteiger partial charge is 0.377 e. The summed E-state index contributed by atoms with van der Waals surface area (Å²) in [4.78, 5) is 0. The van der Waals surface area contributed by atoms with Crippen molar-refractivity contribution in [2.75, 3.05) is 5.32 Å². The van der Waals surface area contributed by atoms with E-state index < -0.39 is 17.5 Å². The fourth-order valence-corrected chi connectivity index (χ4v) is 2.08. The van der Waals surface area contributed by atoms with Crippen LogP contribution in [0.2, 0.25) is 10.0 Å². The molecule has 0 amide bonds. The zero-order valence-corrected chi connectivity index (χ0v) is 11.0. The van der Waals surface area contributed by atoms with Gasteiger partial charge in [0.05, 0.1) is 10.7 Å². The second-order valence-corrected chi connectivity index (χ2v) is 4.61. The topological polar surface area (TPSA) is 12.0 Å². The van der Waals surface area contributed by atoms with Crippen LogP contribution in [0.3, 0.4) is 0 Å². The summed E-state index contributed by atoms with van der Waals surface area (Å²) in [7, 11) is 0. The van der Waals surface area contributed by atoms with Crippen molar-refractivity contribution in [3.8, 4) is 0 Å². The molecule has 0 radical (unpaired) electrons. The first-order valence-electron chi connectivity index (χ1n) is 5.30. The van der Waals surface area contributed by atoms with Gasteiger partial charge >= 0.3 is 0 Å². The van der Waals surface area contributed by atoms with Gasteiger partial charge in [0.2, 0.25) is 0 Å². The summed E-state index contributed by atoms with van der Waals surface area (Å²) in [6.07, 6.45) is 0. The predicted octanol–water partition coefficient (Wildman–Crippen LogP) is 5.02. The third kappa shape index (κ3) is 3.14. The van der Waals surface area contributed by atoms with Gasteiger partial charge in [-0.1, -0.05) is 29.3 Å². The minimum absolute atomic E-state index is 0.0617. The predicted molar refractivity (Wildman–Crippen MR) is 70.1 cm³/mol. The van der Waals surface area contributed by atoms with Crippen LogP contribution in [0.25, 0.3) is 0 Å². The molecule has 0 fully saturated rings. The maximum absolute atomic E-state index is 13.5. The van der Waals surface area contributed by atoms with Crippen LogP contribution in [0.4, 0.5) is 18.9 Å². The second-order valence-electron chi connectivity index (χ2n) is 3.80. The molecule has 1 nitrogen and oxygen atoms in total. The number of benzene rings is 2. The first kappa shape index (κ1) is 14.0. The maximum Gasteiger partial charge on any atom is 0.150 e. The minimum atomic E-state index is -0.850. The lowest BCUT2D eigenvalue weighted by Gasteiger charge is -2.11. The molecule has 0 aliphatic rings. The van der Waals surface area contributed by atoms with Crippen LogP contribution in [-0.2, 0) is 6.54 Å². The van der Waals surface area contributed by atoms with Crippen molar-refractivity contribution in [3.05, 3.63) is 63.4 Å². The first-order valence-corrected chi connectivity index (χ1v) is 6.06. The molecular weight excluding hydrogens is 298 g/mol. The van der Waals surface area contributed by atoms with Gasteiger partial charge in [-0.25, -0.2) is 13.2 Å². The molecule has 0 aliphatic heterocycles. The Balaban J connectivity index is 2.24. The monoisotopic (exact) mass is 305 g/mol. The lowest BCUT2D eigenvalue weighted by atomic mass is 10.2. The Morgan fingerprint density at radius 3 is 2.32 bits per heavy atom. The van der Waals surface area contributed by atoms with Gasteiger partial charge in [-0.3, -0.25) is 0 Å². The SMILES string of the molecule is Fc1cc(F)c(NCc2c(F)cccc2Cl)c(Cl)c1. The van der Waals surface area contributed by atoms with Crippen LogP contribution in [0, 0.1) is 17.5 Å². The Bertz CT molecular complexity index is 574. The van der Waals surface area contributed by atoms with Crippen LogP contribution in [0.15, 0.2) is 30.3 Å². The van der Waals surface area contributed by atoms with Gasteiger partial charge in [0.15, 0.2) is 5.82 Å². The van der Waals surface area contributed by atoms with Gasteiger partial charge < -0.3 is 5.32 Å². The third-order valence-electron chi connectivity index (χ3n) is 2.51. The van der Waals surface area contributed by atoms with Gasteiger partial charge in [0.1, 0.15) is 11.6 Å². The molecule has 19 heavy (non-hydrogen) atoms. The molecule has 0 heterocycles. The average molecular weight is 306 g/mol. The van der Waals surface area contributed by atoms with Crippen LogP contribution in [-0.4, -0.2) is 0 Å². The Labute approximate surface area is 118 Å². The lowest BCUT2D eigenvalue weighted by Crippen LogP contribution is -2.05. The van der Waals surface area contributed by atoms with Gasteiger partial charge in [-0.05, 0) is 18.2 Å². The maximum atomic E-state index is 13.5. The summed E-state index contributed by atoms with van der Waals surface area (Å²) in [5.41, 5.74) is 0.0892. The van der Waals surface area contributed by atoms with Crippen molar-refractivity contribution in [2.45, 2.75) is 6.54 Å². The fourth-order valence-electron chi connectivity index (χ4n) is 1.59. The highest BCUT2D eigenvalue weighted by atomic mass is 35.5. The van der Waals surface area contributed by atoms with Gasteiger partial charge in [-0.2, -0.15) is 0 Å². The van der Waals surface area contributed by atoms with Gasteiger partial charge in [-0.15, -0.1) is 0 Å². The smallest absolute Gasteiger partial charge is 0.150 e. The van der Waals surface area contributed by atoms with Gasteiger partial charge in [0, 0.05) is 23.2 Å². The van der Waals surface area contributed by atoms with Crippen molar-refractivity contribution in [2.24, 2.45) is 0 Å². The number of anilines is 1. The van der Waals surface area contributed by atoms with Crippen molar-refractivity contribution >= 4 is 28.9 Å². The molecule has 0 spiro atoms. The van der Waals surface area contributed by atoms with E-state index in [0.29, 0.717) is 6.07 Å². The molecule has 0 aromatic heterocycles. The summed E-state index contributed by atoms with van der Waals surface area (Å²) >= 11 is 11.5. The van der Waals surface area contributed by atoms with E-state index in [1.54, 1.807) is 0 Å². The third-order valence-corrected chi connectivity index (χ3v) is 3.16. The van der Waals surface area contributed by atoms with Crippen LogP contribution in [0.1, 0.15) is 5.56 Å². The molecule has 0 aliphatic carbocycles. The number of nitrogens with one attached hydrogen (secondary N) is 1. The number of halogens is 5. The highest BCUT2D eigenvalue weighted by Gasteiger charge is 2.12. The summed E-state index contributed by atoms with van der Waals surface area (Å²) < 4.78 is 39.9. The quantitative estimate of drug-likeness (QED) is 0.839. The van der Waals surface area contributed by atoms with E-state index in [4.69, 9.17) is 23.2 Å². The molecule has 2 rings (SSSR count). The highest BCUT2D eigenvalue weighted by molar-refractivity contribution is 6.33. The van der Waals surface area contributed by atoms with Crippen molar-refractivity contribution in [3.63, 3.8) is 0 Å². The van der Waals surface area contributed by atoms with E-state index in [0.717, 1.165) is 6.07 Å². The van der Waals surface area contributed by atoms with Crippen molar-refractivity contribution < 1.29 is 13.2 Å². The van der Waals surface area contributed by atoms with Gasteiger partial charge in [0.25, 0.3) is 0 Å². The minimum Gasteiger partial charge on any atom is -0.377 e. The van der Waals surface area contributed by atoms with Crippen molar-refractivity contribution in [1.29, 1.82) is 0 Å². The molecule has 2 aromatic rings. The molecular formula is C13H8Cl2F3N. The molecule has 0 saturated heterocycles. The summed E-state index contributed by atoms with van der Waals surface area (Å²) in [6.45, 7) is -0.0617. The number of hydrogen-bond acceptors (Lipinski definition) is 1. The number of hydrogen-bond donors (Lipinski definition) is 1. The van der Waals surface area contributed by atoms with Crippen LogP contribution in [0.5, 0.6) is 0 Å². The molecule has 0 unspecified atom stereocenters. The molecule has 0 bridgehead atoms. The lowest BCUT2D eigenvalue weighted by molar-refractivity contribution is 0.584. The fraction of sp³-hybridized carbons (Fsp3) is 0.0769. The Morgan fingerprint density at radius 1 is 0.947 bits per heavy atom. The van der Waals surface area contributed by atoms with E-state index in [1.165, 1.54) is 18.2 Å². The zero-order chi connectivity index (χ0) is 14.0. The second kappa shape index (κ2) is 5.72. The molecule has 6 heteroatoms. The standard InChI is InChI=1S/C13H8Cl2F3N/c14-9-2-1-3-11(17)8(9)6-19-13-10(15)4-7(16)5-12(13)18/h1-5,19H,6H2. The molecule has 100 valence electrons. The summed E-state index contributed by atoms with van der Waals surface area (Å²) in [5.74, 6) is -2.15. The highest BCUT2D eigenvalue weighted by Crippen LogP contribution is 2.28. The molecule has 0 saturated carbocycles. The summed E-state index contributed by atoms with van der Waals surface area (Å²) in [5, 5.41) is 2.70. The van der Waals surface area contributed by atoms with E-state index >= 15 is 0 Å². The first-order chi connectivity index (χ1) is 8.99. The van der Waals surface area contributed by atoms with E-state index in [2.05, 4.69) is 5.32 Å². The Hall–Kier alpha value is -1.39. The average Bonchev–Trinajstić information content (AvgIpc) is 2.31. The van der Waals surface area contributed by atoms with E-state index in [-0.39, 0.29) is 27.8 Å². The van der Waals surface area contributed by atoms with Crippen LogP contribution < -0.4 is 5.32 Å². The Morgan fingerprint density at radius 2 is 1.68 bits per heavy atom. The van der Waals surface area contributed by atoms with Crippen molar-refractivity contribution in [1.82, 2.24) is 0 Å².